The summed E-state index contributed by atoms with van der Waals surface area (Å²) in [5.41, 5.74) is 1.63. The zero-order valence-corrected chi connectivity index (χ0v) is 14.0. The van der Waals surface area contributed by atoms with Crippen LogP contribution in [0.4, 0.5) is 5.69 Å². The third-order valence-corrected chi connectivity index (χ3v) is 4.14. The van der Waals surface area contributed by atoms with E-state index >= 15 is 0 Å². The van der Waals surface area contributed by atoms with E-state index in [0.29, 0.717) is 11.5 Å². The maximum Gasteiger partial charge on any atom is 0.0397 e. The molecule has 0 aromatic carbocycles. The predicted octanol–water partition coefficient (Wildman–Crippen LogP) is 2.23. The molecular formula is C17H30N4. The monoisotopic (exact) mass is 290 g/mol. The summed E-state index contributed by atoms with van der Waals surface area (Å²) in [6, 6.07) is 4.87. The van der Waals surface area contributed by atoms with E-state index in [2.05, 4.69) is 60.2 Å². The molecule has 4 nitrogen and oxygen atoms in total. The molecule has 1 aliphatic heterocycles. The number of piperidine rings is 1. The van der Waals surface area contributed by atoms with E-state index in [-0.39, 0.29) is 0 Å². The summed E-state index contributed by atoms with van der Waals surface area (Å²) in [7, 11) is 4.30. The van der Waals surface area contributed by atoms with Crippen LogP contribution in [0.3, 0.4) is 0 Å². The van der Waals surface area contributed by atoms with E-state index in [9.17, 15) is 0 Å². The van der Waals surface area contributed by atoms with Crippen LogP contribution in [0.1, 0.15) is 26.7 Å². The average Bonchev–Trinajstić information content (AvgIpc) is 2.45. The lowest BCUT2D eigenvalue weighted by Gasteiger charge is -2.36. The van der Waals surface area contributed by atoms with E-state index in [0.717, 1.165) is 26.2 Å². The molecule has 1 aromatic heterocycles. The van der Waals surface area contributed by atoms with Crippen molar-refractivity contribution < 1.29 is 0 Å². The minimum absolute atomic E-state index is 0.325. The number of anilines is 1. The second kappa shape index (κ2) is 7.23. The van der Waals surface area contributed by atoms with Crippen molar-refractivity contribution in [3.63, 3.8) is 0 Å². The number of hydrogen-bond donors (Lipinski definition) is 1. The Hall–Kier alpha value is -1.13. The highest BCUT2D eigenvalue weighted by Crippen LogP contribution is 2.20. The Labute approximate surface area is 129 Å². The van der Waals surface area contributed by atoms with Crippen molar-refractivity contribution in [3.05, 3.63) is 24.5 Å². The third kappa shape index (κ3) is 5.29. The van der Waals surface area contributed by atoms with Crippen molar-refractivity contribution in [1.29, 1.82) is 0 Å². The lowest BCUT2D eigenvalue weighted by Crippen LogP contribution is -2.46. The van der Waals surface area contributed by atoms with Crippen molar-refractivity contribution in [2.45, 2.75) is 32.7 Å². The largest absolute Gasteiger partial charge is 0.371 e. The molecule has 0 spiro atoms. The number of nitrogens with one attached hydrogen (secondary N) is 1. The molecule has 2 heterocycles. The fourth-order valence-corrected chi connectivity index (χ4v) is 3.23. The first-order chi connectivity index (χ1) is 9.96. The van der Waals surface area contributed by atoms with Gasteiger partial charge in [0.1, 0.15) is 0 Å². The quantitative estimate of drug-likeness (QED) is 0.870. The van der Waals surface area contributed by atoms with Crippen molar-refractivity contribution in [3.8, 4) is 0 Å². The molecule has 118 valence electrons. The Balaban J connectivity index is 1.74. The molecule has 0 unspecified atom stereocenters. The van der Waals surface area contributed by atoms with Gasteiger partial charge in [0.15, 0.2) is 0 Å². The van der Waals surface area contributed by atoms with Gasteiger partial charge >= 0.3 is 0 Å². The molecule has 1 fully saturated rings. The Morgan fingerprint density at radius 1 is 1.24 bits per heavy atom. The van der Waals surface area contributed by atoms with Gasteiger partial charge in [0.2, 0.25) is 0 Å². The lowest BCUT2D eigenvalue weighted by molar-refractivity contribution is 0.220. The SMILES string of the molecule is CN(C)CC(C)(C)CNC1CCN(c2ccncc2)CC1. The molecule has 1 aliphatic rings. The van der Waals surface area contributed by atoms with E-state index in [1.165, 1.54) is 18.5 Å². The fraction of sp³-hybridized carbons (Fsp3) is 0.706. The third-order valence-electron chi connectivity index (χ3n) is 4.14. The summed E-state index contributed by atoms with van der Waals surface area (Å²) in [4.78, 5) is 8.83. The highest BCUT2D eigenvalue weighted by atomic mass is 15.1. The maximum absolute atomic E-state index is 4.09. The van der Waals surface area contributed by atoms with Crippen molar-refractivity contribution in [1.82, 2.24) is 15.2 Å². The second-order valence-corrected chi connectivity index (χ2v) is 7.25. The van der Waals surface area contributed by atoms with Crippen LogP contribution in [0.25, 0.3) is 0 Å². The first-order valence-corrected chi connectivity index (χ1v) is 7.99. The van der Waals surface area contributed by atoms with Gasteiger partial charge in [-0.15, -0.1) is 0 Å². The van der Waals surface area contributed by atoms with Gasteiger partial charge in [0.05, 0.1) is 0 Å². The van der Waals surface area contributed by atoms with Gasteiger partial charge in [-0.25, -0.2) is 0 Å². The number of aromatic nitrogens is 1. The zero-order chi connectivity index (χ0) is 15.3. The summed E-state index contributed by atoms with van der Waals surface area (Å²) in [5, 5.41) is 3.77. The van der Waals surface area contributed by atoms with Crippen LogP contribution in [0.15, 0.2) is 24.5 Å². The van der Waals surface area contributed by atoms with Crippen LogP contribution in [0, 0.1) is 5.41 Å². The van der Waals surface area contributed by atoms with Crippen LogP contribution in [-0.2, 0) is 0 Å². The van der Waals surface area contributed by atoms with Crippen LogP contribution in [-0.4, -0.2) is 56.2 Å². The topological polar surface area (TPSA) is 31.4 Å². The fourth-order valence-electron chi connectivity index (χ4n) is 3.23. The van der Waals surface area contributed by atoms with Gasteiger partial charge in [-0.3, -0.25) is 4.98 Å². The lowest BCUT2D eigenvalue weighted by atomic mass is 9.92. The second-order valence-electron chi connectivity index (χ2n) is 7.25. The number of nitrogens with zero attached hydrogens (tertiary/aromatic N) is 3. The van der Waals surface area contributed by atoms with Crippen molar-refractivity contribution in [2.24, 2.45) is 5.41 Å². The Morgan fingerprint density at radius 2 is 1.86 bits per heavy atom. The van der Waals surface area contributed by atoms with E-state index < -0.39 is 0 Å². The van der Waals surface area contributed by atoms with Crippen LogP contribution in [0.5, 0.6) is 0 Å². The molecule has 0 aliphatic carbocycles. The van der Waals surface area contributed by atoms with E-state index in [4.69, 9.17) is 0 Å². The first-order valence-electron chi connectivity index (χ1n) is 7.99. The number of pyridine rings is 1. The molecule has 21 heavy (non-hydrogen) atoms. The normalized spacial score (nSPS) is 17.5. The van der Waals surface area contributed by atoms with Gasteiger partial charge in [-0.05, 0) is 44.5 Å². The first kappa shape index (κ1) is 16.2. The van der Waals surface area contributed by atoms with Gasteiger partial charge in [0, 0.05) is 50.3 Å². The molecule has 0 saturated carbocycles. The summed E-state index contributed by atoms with van der Waals surface area (Å²) in [5.74, 6) is 0. The molecule has 0 amide bonds. The van der Waals surface area contributed by atoms with E-state index in [1.54, 1.807) is 0 Å². The standard InChI is InChI=1S/C17H30N4/c1-17(2,14-20(3)4)13-19-15-7-11-21(12-8-15)16-5-9-18-10-6-16/h5-6,9-10,15,19H,7-8,11-14H2,1-4H3. The molecule has 1 saturated heterocycles. The summed E-state index contributed by atoms with van der Waals surface area (Å²) >= 11 is 0. The minimum atomic E-state index is 0.325. The molecular weight excluding hydrogens is 260 g/mol. The summed E-state index contributed by atoms with van der Waals surface area (Å²) in [6.45, 7) is 9.16. The van der Waals surface area contributed by atoms with Crippen LogP contribution < -0.4 is 10.2 Å². The van der Waals surface area contributed by atoms with Gasteiger partial charge < -0.3 is 15.1 Å². The predicted molar refractivity (Wildman–Crippen MR) is 89.8 cm³/mol. The molecule has 1 N–H and O–H groups in total. The van der Waals surface area contributed by atoms with Gasteiger partial charge in [-0.2, -0.15) is 0 Å². The zero-order valence-electron chi connectivity index (χ0n) is 14.0. The van der Waals surface area contributed by atoms with Crippen molar-refractivity contribution >= 4 is 5.69 Å². The molecule has 0 atom stereocenters. The van der Waals surface area contributed by atoms with Crippen molar-refractivity contribution in [2.75, 3.05) is 45.2 Å². The molecule has 1 aromatic rings. The molecule has 2 rings (SSSR count). The Morgan fingerprint density at radius 3 is 2.43 bits per heavy atom. The average molecular weight is 290 g/mol. The highest BCUT2D eigenvalue weighted by Gasteiger charge is 2.23. The highest BCUT2D eigenvalue weighted by molar-refractivity contribution is 5.44. The van der Waals surface area contributed by atoms with Crippen LogP contribution in [0.2, 0.25) is 0 Å². The summed E-state index contributed by atoms with van der Waals surface area (Å²) in [6.07, 6.45) is 6.20. The minimum Gasteiger partial charge on any atom is -0.371 e. The molecule has 0 radical (unpaired) electrons. The summed E-state index contributed by atoms with van der Waals surface area (Å²) < 4.78 is 0. The smallest absolute Gasteiger partial charge is 0.0397 e. The van der Waals surface area contributed by atoms with Gasteiger partial charge in [0.25, 0.3) is 0 Å². The molecule has 0 bridgehead atoms. The Kier molecular flexibility index (Phi) is 5.59. The van der Waals surface area contributed by atoms with Gasteiger partial charge in [-0.1, -0.05) is 13.8 Å². The maximum atomic E-state index is 4.09. The van der Waals surface area contributed by atoms with E-state index in [1.807, 2.05) is 12.4 Å². The number of hydrogen-bond acceptors (Lipinski definition) is 4. The Bertz CT molecular complexity index is 408. The van der Waals surface area contributed by atoms with Crippen LogP contribution >= 0.6 is 0 Å². The molecule has 4 heteroatoms. The number of rotatable bonds is 6.